The van der Waals surface area contributed by atoms with E-state index in [4.69, 9.17) is 5.14 Å². The van der Waals surface area contributed by atoms with E-state index >= 15 is 0 Å². The van der Waals surface area contributed by atoms with Gasteiger partial charge >= 0.3 is 5.97 Å². The third-order valence-corrected chi connectivity index (χ3v) is 9.84. The smallest absolute Gasteiger partial charge is 0.355 e. The van der Waals surface area contributed by atoms with Crippen molar-refractivity contribution >= 4 is 27.3 Å². The molecule has 2 aromatic heterocycles. The van der Waals surface area contributed by atoms with E-state index in [0.29, 0.717) is 22.4 Å². The van der Waals surface area contributed by atoms with Gasteiger partial charge in [0.05, 0.1) is 5.69 Å². The number of thiazole rings is 1. The zero-order chi connectivity index (χ0) is 29.6. The first-order valence-electron chi connectivity index (χ1n) is 13.9. The van der Waals surface area contributed by atoms with Gasteiger partial charge in [-0.2, -0.15) is 0 Å². The SMILES string of the molecule is Cc1c(-c2nc(C(=O)O)cs2)c(CC2CC2)n(Cc2ccc(S(N)(=O)=O)c(F)c2)c1-c1cccc(C#CC2CCC2)c1. The second-order valence-corrected chi connectivity index (χ2v) is 13.5. The number of carbonyl (C=O) groups is 1. The highest BCUT2D eigenvalue weighted by molar-refractivity contribution is 7.89. The Hall–Kier alpha value is -3.78. The molecule has 0 atom stereocenters. The fourth-order valence-electron chi connectivity index (χ4n) is 5.47. The summed E-state index contributed by atoms with van der Waals surface area (Å²) in [5.74, 6) is 5.66. The Kier molecular flexibility index (Phi) is 7.51. The summed E-state index contributed by atoms with van der Waals surface area (Å²) in [7, 11) is -4.20. The monoisotopic (exact) mass is 603 g/mol. The molecule has 2 aromatic carbocycles. The summed E-state index contributed by atoms with van der Waals surface area (Å²) in [6, 6.07) is 12.0. The van der Waals surface area contributed by atoms with Crippen molar-refractivity contribution < 1.29 is 22.7 Å². The van der Waals surface area contributed by atoms with Gasteiger partial charge in [0.2, 0.25) is 10.0 Å². The van der Waals surface area contributed by atoms with Crippen LogP contribution in [0.2, 0.25) is 0 Å². The molecule has 0 saturated heterocycles. The number of carboxylic acid groups (broad SMARTS) is 1. The van der Waals surface area contributed by atoms with Crippen LogP contribution in [-0.4, -0.2) is 29.0 Å². The molecule has 0 amide bonds. The fourth-order valence-corrected chi connectivity index (χ4v) is 6.98. The van der Waals surface area contributed by atoms with E-state index in [-0.39, 0.29) is 12.2 Å². The number of hydrogen-bond acceptors (Lipinski definition) is 5. The molecule has 7 nitrogen and oxygen atoms in total. The number of rotatable bonds is 8. The van der Waals surface area contributed by atoms with E-state index in [1.165, 1.54) is 29.9 Å². The predicted octanol–water partition coefficient (Wildman–Crippen LogP) is 6.22. The molecule has 42 heavy (non-hydrogen) atoms. The highest BCUT2D eigenvalue weighted by Crippen LogP contribution is 2.43. The van der Waals surface area contributed by atoms with E-state index in [0.717, 1.165) is 65.7 Å². The Morgan fingerprint density at radius 2 is 1.98 bits per heavy atom. The summed E-state index contributed by atoms with van der Waals surface area (Å²) >= 11 is 1.29. The maximum absolute atomic E-state index is 14.9. The van der Waals surface area contributed by atoms with Gasteiger partial charge in [0.25, 0.3) is 0 Å². The normalized spacial score (nSPS) is 15.2. The summed E-state index contributed by atoms with van der Waals surface area (Å²) in [6.45, 7) is 2.28. The van der Waals surface area contributed by atoms with Crippen molar-refractivity contribution in [2.75, 3.05) is 0 Å². The van der Waals surface area contributed by atoms with Crippen LogP contribution in [0.15, 0.2) is 52.7 Å². The van der Waals surface area contributed by atoms with E-state index < -0.39 is 26.7 Å². The topological polar surface area (TPSA) is 115 Å². The summed E-state index contributed by atoms with van der Waals surface area (Å²) in [6.07, 6.45) is 6.45. The molecule has 216 valence electrons. The van der Waals surface area contributed by atoms with Crippen LogP contribution in [-0.2, 0) is 23.0 Å². The fraction of sp³-hybridized carbons (Fsp3) is 0.312. The molecule has 2 aliphatic rings. The molecule has 3 N–H and O–H groups in total. The minimum atomic E-state index is -4.20. The van der Waals surface area contributed by atoms with E-state index in [9.17, 15) is 22.7 Å². The number of primary sulfonamides is 1. The summed E-state index contributed by atoms with van der Waals surface area (Å²) in [5.41, 5.74) is 6.16. The number of hydrogen-bond donors (Lipinski definition) is 2. The number of aromatic nitrogens is 2. The van der Waals surface area contributed by atoms with Gasteiger partial charge < -0.3 is 9.67 Å². The minimum Gasteiger partial charge on any atom is -0.476 e. The van der Waals surface area contributed by atoms with E-state index in [2.05, 4.69) is 27.5 Å². The Morgan fingerprint density at radius 3 is 2.60 bits per heavy atom. The van der Waals surface area contributed by atoms with Gasteiger partial charge in [-0.25, -0.2) is 27.7 Å². The number of sulfonamides is 1. The quantitative estimate of drug-likeness (QED) is 0.232. The number of nitrogens with two attached hydrogens (primary N) is 1. The average molecular weight is 604 g/mol. The first-order valence-corrected chi connectivity index (χ1v) is 16.4. The molecule has 2 aliphatic carbocycles. The zero-order valence-electron chi connectivity index (χ0n) is 23.1. The van der Waals surface area contributed by atoms with Crippen molar-refractivity contribution in [1.82, 2.24) is 9.55 Å². The third kappa shape index (κ3) is 5.77. The highest BCUT2D eigenvalue weighted by Gasteiger charge is 2.30. The van der Waals surface area contributed by atoms with Crippen LogP contribution in [0, 0.1) is 36.4 Å². The van der Waals surface area contributed by atoms with Crippen LogP contribution < -0.4 is 5.14 Å². The van der Waals surface area contributed by atoms with Crippen molar-refractivity contribution in [3.8, 4) is 33.7 Å². The standard InChI is InChI=1S/C32H30FN3O4S2/c1-19-29(31-35-26(18-41-31)32(37)38)27(16-22-10-11-22)36(17-23-12-13-28(25(33)15-23)42(34,39)40)30(19)24-7-3-6-21(14-24)9-8-20-4-2-5-20/h3,6-7,12-15,18,20,22H,2,4-5,10-11,16-17H2,1H3,(H,37,38)(H2,34,39,40). The lowest BCUT2D eigenvalue weighted by Gasteiger charge is -2.18. The van der Waals surface area contributed by atoms with Crippen LogP contribution in [0.1, 0.15) is 65.0 Å². The van der Waals surface area contributed by atoms with Gasteiger partial charge in [-0.05, 0) is 85.9 Å². The van der Waals surface area contributed by atoms with E-state index in [1.54, 1.807) is 11.4 Å². The molecule has 0 bridgehead atoms. The van der Waals surface area contributed by atoms with Crippen LogP contribution in [0.5, 0.6) is 0 Å². The second-order valence-electron chi connectivity index (χ2n) is 11.2. The molecule has 2 saturated carbocycles. The molecular weight excluding hydrogens is 574 g/mol. The lowest BCUT2D eigenvalue weighted by molar-refractivity contribution is 0.0691. The lowest BCUT2D eigenvalue weighted by Crippen LogP contribution is -2.14. The van der Waals surface area contributed by atoms with Gasteiger partial charge in [-0.15, -0.1) is 11.3 Å². The second kappa shape index (κ2) is 11.1. The largest absolute Gasteiger partial charge is 0.476 e. The molecule has 10 heteroatoms. The molecule has 6 rings (SSSR count). The average Bonchev–Trinajstić information content (AvgIpc) is 3.51. The first kappa shape index (κ1) is 28.3. The number of halogens is 1. The van der Waals surface area contributed by atoms with Crippen molar-refractivity contribution in [2.24, 2.45) is 17.0 Å². The predicted molar refractivity (Wildman–Crippen MR) is 160 cm³/mol. The number of benzene rings is 2. The maximum atomic E-state index is 14.9. The number of carboxylic acids is 1. The van der Waals surface area contributed by atoms with Crippen molar-refractivity contribution in [3.05, 3.63) is 81.7 Å². The third-order valence-electron chi connectivity index (χ3n) is 8.04. The Labute approximate surface area is 248 Å². The highest BCUT2D eigenvalue weighted by atomic mass is 32.2. The maximum Gasteiger partial charge on any atom is 0.355 e. The minimum absolute atomic E-state index is 0.00464. The van der Waals surface area contributed by atoms with Crippen molar-refractivity contribution in [3.63, 3.8) is 0 Å². The Balaban J connectivity index is 1.53. The van der Waals surface area contributed by atoms with E-state index in [1.807, 2.05) is 25.1 Å². The molecule has 4 aromatic rings. The van der Waals surface area contributed by atoms with Crippen molar-refractivity contribution in [1.29, 1.82) is 0 Å². The molecule has 0 unspecified atom stereocenters. The van der Waals surface area contributed by atoms with Gasteiger partial charge in [0.15, 0.2) is 5.69 Å². The number of aromatic carboxylic acids is 1. The number of nitrogens with zero attached hydrogens (tertiary/aromatic N) is 2. The molecule has 2 heterocycles. The summed E-state index contributed by atoms with van der Waals surface area (Å²) < 4.78 is 40.7. The van der Waals surface area contributed by atoms with Crippen LogP contribution >= 0.6 is 11.3 Å². The molecule has 0 radical (unpaired) electrons. The van der Waals surface area contributed by atoms with Crippen LogP contribution in [0.4, 0.5) is 4.39 Å². The summed E-state index contributed by atoms with van der Waals surface area (Å²) in [4.78, 5) is 15.6. The van der Waals surface area contributed by atoms with Gasteiger partial charge in [-0.1, -0.05) is 36.5 Å². The molecule has 0 aliphatic heterocycles. The summed E-state index contributed by atoms with van der Waals surface area (Å²) in [5, 5.41) is 16.9. The molecule has 2 fully saturated rings. The zero-order valence-corrected chi connectivity index (χ0v) is 24.7. The Bertz CT molecular complexity index is 1870. The Morgan fingerprint density at radius 1 is 1.19 bits per heavy atom. The van der Waals surface area contributed by atoms with Crippen LogP contribution in [0.25, 0.3) is 21.8 Å². The molecule has 0 spiro atoms. The molecular formula is C32H30FN3O4S2. The van der Waals surface area contributed by atoms with Gasteiger partial charge in [0.1, 0.15) is 15.7 Å². The first-order chi connectivity index (χ1) is 20.1. The van der Waals surface area contributed by atoms with Crippen LogP contribution in [0.3, 0.4) is 0 Å². The van der Waals surface area contributed by atoms with Gasteiger partial charge in [0, 0.05) is 34.7 Å². The van der Waals surface area contributed by atoms with Crippen molar-refractivity contribution in [2.45, 2.75) is 56.9 Å². The van der Waals surface area contributed by atoms with Gasteiger partial charge in [-0.3, -0.25) is 0 Å². The lowest BCUT2D eigenvalue weighted by atomic mass is 9.86.